The summed E-state index contributed by atoms with van der Waals surface area (Å²) in [5.74, 6) is -0.794. The summed E-state index contributed by atoms with van der Waals surface area (Å²) in [4.78, 5) is 12.7. The molecule has 0 aliphatic heterocycles. The van der Waals surface area contributed by atoms with Gasteiger partial charge in [0.25, 0.3) is 5.91 Å². The number of hydrogen-bond acceptors (Lipinski definition) is 4. The van der Waals surface area contributed by atoms with Gasteiger partial charge in [-0.25, -0.2) is 0 Å². The van der Waals surface area contributed by atoms with Crippen LogP contribution in [0.15, 0.2) is 6.20 Å². The Hall–Kier alpha value is -1.61. The molecule has 0 aromatic carbocycles. The minimum Gasteiger partial charge on any atom is -0.395 e. The maximum Gasteiger partial charge on any atom is 0.406 e. The number of nitrogens with zero attached hydrogens (tertiary/aromatic N) is 3. The SMILES string of the molecule is Cc1c(C(=O)N(CCO)CC(F)(F)F)cnn1CCCN. The molecule has 120 valence electrons. The van der Waals surface area contributed by atoms with Gasteiger partial charge < -0.3 is 15.7 Å². The lowest BCUT2D eigenvalue weighted by Gasteiger charge is -2.22. The summed E-state index contributed by atoms with van der Waals surface area (Å²) in [6, 6.07) is 0. The lowest BCUT2D eigenvalue weighted by Crippen LogP contribution is -2.40. The van der Waals surface area contributed by atoms with E-state index in [9.17, 15) is 18.0 Å². The molecule has 21 heavy (non-hydrogen) atoms. The molecule has 6 nitrogen and oxygen atoms in total. The Kier molecular flexibility index (Phi) is 6.16. The first-order valence-electron chi connectivity index (χ1n) is 6.49. The number of halogens is 3. The molecule has 0 aliphatic rings. The molecule has 0 atom stereocenters. The number of aliphatic hydroxyl groups is 1. The number of nitrogens with two attached hydrogens (primary N) is 1. The van der Waals surface area contributed by atoms with E-state index in [2.05, 4.69) is 5.10 Å². The number of carbonyl (C=O) groups is 1. The highest BCUT2D eigenvalue weighted by atomic mass is 19.4. The zero-order chi connectivity index (χ0) is 16.0. The van der Waals surface area contributed by atoms with E-state index in [-0.39, 0.29) is 12.1 Å². The quantitative estimate of drug-likeness (QED) is 0.770. The van der Waals surface area contributed by atoms with E-state index >= 15 is 0 Å². The van der Waals surface area contributed by atoms with Crippen LogP contribution in [0.1, 0.15) is 22.5 Å². The number of aliphatic hydroxyl groups excluding tert-OH is 1. The maximum absolute atomic E-state index is 12.5. The fraction of sp³-hybridized carbons (Fsp3) is 0.667. The second kappa shape index (κ2) is 7.41. The molecule has 1 aromatic rings. The molecule has 3 N–H and O–H groups in total. The zero-order valence-electron chi connectivity index (χ0n) is 11.7. The molecule has 9 heteroatoms. The molecule has 0 bridgehead atoms. The monoisotopic (exact) mass is 308 g/mol. The summed E-state index contributed by atoms with van der Waals surface area (Å²) < 4.78 is 38.9. The van der Waals surface area contributed by atoms with Crippen LogP contribution in [0.3, 0.4) is 0 Å². The fourth-order valence-corrected chi connectivity index (χ4v) is 1.88. The molecule has 0 fully saturated rings. The van der Waals surface area contributed by atoms with Crippen molar-refractivity contribution in [3.05, 3.63) is 17.5 Å². The number of alkyl halides is 3. The van der Waals surface area contributed by atoms with Gasteiger partial charge >= 0.3 is 6.18 Å². The van der Waals surface area contributed by atoms with Crippen LogP contribution in [0, 0.1) is 6.92 Å². The first-order valence-corrected chi connectivity index (χ1v) is 6.49. The van der Waals surface area contributed by atoms with E-state index in [1.807, 2.05) is 0 Å². The van der Waals surface area contributed by atoms with Crippen LogP contribution in [0.4, 0.5) is 13.2 Å². The molecule has 1 amide bonds. The van der Waals surface area contributed by atoms with Gasteiger partial charge in [-0.2, -0.15) is 18.3 Å². The number of rotatable bonds is 7. The van der Waals surface area contributed by atoms with Gasteiger partial charge in [-0.1, -0.05) is 0 Å². The van der Waals surface area contributed by atoms with Gasteiger partial charge in [0, 0.05) is 18.8 Å². The summed E-state index contributed by atoms with van der Waals surface area (Å²) in [5, 5.41) is 12.8. The van der Waals surface area contributed by atoms with E-state index in [0.717, 1.165) is 0 Å². The third kappa shape index (κ3) is 5.01. The van der Waals surface area contributed by atoms with Crippen LogP contribution in [0.25, 0.3) is 0 Å². The molecule has 1 heterocycles. The highest BCUT2D eigenvalue weighted by Crippen LogP contribution is 2.19. The van der Waals surface area contributed by atoms with Gasteiger partial charge in [0.15, 0.2) is 0 Å². The summed E-state index contributed by atoms with van der Waals surface area (Å²) in [7, 11) is 0. The lowest BCUT2D eigenvalue weighted by atomic mass is 10.2. The van der Waals surface area contributed by atoms with Crippen molar-refractivity contribution < 1.29 is 23.1 Å². The molecular formula is C12H19F3N4O2. The van der Waals surface area contributed by atoms with Gasteiger partial charge in [-0.05, 0) is 19.9 Å². The van der Waals surface area contributed by atoms with Crippen LogP contribution < -0.4 is 5.73 Å². The van der Waals surface area contributed by atoms with E-state index in [4.69, 9.17) is 10.8 Å². The topological polar surface area (TPSA) is 84.4 Å². The van der Waals surface area contributed by atoms with Crippen molar-refractivity contribution in [2.24, 2.45) is 5.73 Å². The number of aryl methyl sites for hydroxylation is 1. The Morgan fingerprint density at radius 3 is 2.71 bits per heavy atom. The van der Waals surface area contributed by atoms with Crippen LogP contribution in [-0.2, 0) is 6.54 Å². The Balaban J connectivity index is 2.91. The molecule has 1 rings (SSSR count). The Labute approximate surface area is 120 Å². The lowest BCUT2D eigenvalue weighted by molar-refractivity contribution is -0.141. The Morgan fingerprint density at radius 2 is 2.19 bits per heavy atom. The van der Waals surface area contributed by atoms with Crippen molar-refractivity contribution in [1.29, 1.82) is 0 Å². The molecule has 1 aromatic heterocycles. The van der Waals surface area contributed by atoms with Crippen LogP contribution >= 0.6 is 0 Å². The molecule has 0 spiro atoms. The van der Waals surface area contributed by atoms with Crippen LogP contribution in [0.5, 0.6) is 0 Å². The molecule has 0 saturated carbocycles. The number of amides is 1. The summed E-state index contributed by atoms with van der Waals surface area (Å²) >= 11 is 0. The molecule has 0 unspecified atom stereocenters. The average molecular weight is 308 g/mol. The predicted molar refractivity (Wildman–Crippen MR) is 69.7 cm³/mol. The van der Waals surface area contributed by atoms with Gasteiger partial charge in [-0.3, -0.25) is 9.48 Å². The second-order valence-electron chi connectivity index (χ2n) is 4.57. The predicted octanol–water partition coefficient (Wildman–Crippen LogP) is 0.537. The van der Waals surface area contributed by atoms with Crippen molar-refractivity contribution >= 4 is 5.91 Å². The normalized spacial score (nSPS) is 11.7. The maximum atomic E-state index is 12.5. The highest BCUT2D eigenvalue weighted by Gasteiger charge is 2.34. The van der Waals surface area contributed by atoms with E-state index < -0.39 is 25.2 Å². The molecule has 0 saturated heterocycles. The third-order valence-electron chi connectivity index (χ3n) is 2.93. The van der Waals surface area contributed by atoms with E-state index in [1.54, 1.807) is 6.92 Å². The van der Waals surface area contributed by atoms with Crippen molar-refractivity contribution in [1.82, 2.24) is 14.7 Å². The Bertz CT molecular complexity index is 474. The van der Waals surface area contributed by atoms with E-state index in [0.29, 0.717) is 30.1 Å². The number of hydrogen-bond donors (Lipinski definition) is 2. The third-order valence-corrected chi connectivity index (χ3v) is 2.93. The summed E-state index contributed by atoms with van der Waals surface area (Å²) in [6.45, 7) is 0.234. The van der Waals surface area contributed by atoms with Crippen molar-refractivity contribution in [2.45, 2.75) is 26.1 Å². The molecule has 0 aliphatic carbocycles. The van der Waals surface area contributed by atoms with E-state index in [1.165, 1.54) is 10.9 Å². The second-order valence-corrected chi connectivity index (χ2v) is 4.57. The summed E-state index contributed by atoms with van der Waals surface area (Å²) in [5.41, 5.74) is 5.97. The fourth-order valence-electron chi connectivity index (χ4n) is 1.88. The van der Waals surface area contributed by atoms with Crippen molar-refractivity contribution in [3.8, 4) is 0 Å². The smallest absolute Gasteiger partial charge is 0.395 e. The number of aromatic nitrogens is 2. The van der Waals surface area contributed by atoms with Crippen LogP contribution in [0.2, 0.25) is 0 Å². The average Bonchev–Trinajstić information content (AvgIpc) is 2.75. The summed E-state index contributed by atoms with van der Waals surface area (Å²) in [6.07, 6.45) is -2.62. The molecule has 0 radical (unpaired) electrons. The minimum absolute atomic E-state index is 0.102. The van der Waals surface area contributed by atoms with Gasteiger partial charge in [0.1, 0.15) is 6.54 Å². The first kappa shape index (κ1) is 17.4. The minimum atomic E-state index is -4.52. The number of carbonyl (C=O) groups excluding carboxylic acids is 1. The standard InChI is InChI=1S/C12H19F3N4O2/c1-9-10(7-17-19(9)4-2-3-16)11(21)18(5-6-20)8-12(13,14)15/h7,20H,2-6,8,16H2,1H3. The zero-order valence-corrected chi connectivity index (χ0v) is 11.7. The van der Waals surface area contributed by atoms with Gasteiger partial charge in [0.2, 0.25) is 0 Å². The van der Waals surface area contributed by atoms with Crippen LogP contribution in [-0.4, -0.2) is 58.1 Å². The Morgan fingerprint density at radius 1 is 1.52 bits per heavy atom. The molecular weight excluding hydrogens is 289 g/mol. The van der Waals surface area contributed by atoms with Crippen molar-refractivity contribution in [2.75, 3.05) is 26.2 Å². The van der Waals surface area contributed by atoms with Gasteiger partial charge in [-0.15, -0.1) is 0 Å². The van der Waals surface area contributed by atoms with Gasteiger partial charge in [0.05, 0.1) is 18.4 Å². The highest BCUT2D eigenvalue weighted by molar-refractivity contribution is 5.95. The largest absolute Gasteiger partial charge is 0.406 e. The van der Waals surface area contributed by atoms with Crippen molar-refractivity contribution in [3.63, 3.8) is 0 Å². The first-order chi connectivity index (χ1) is 9.80.